The summed E-state index contributed by atoms with van der Waals surface area (Å²) in [5.41, 5.74) is 2.52. The zero-order valence-electron chi connectivity index (χ0n) is 17.7. The standard InChI is InChI=1S/C23H23N3O3S3/c1-16-8-10-18(11-9-16)32(28,29)25-19(17-6-4-3-5-7-17)12-15-31-23-24-20-13-14-30-21(20)22(27)26(23)2/h3-11,13-14,19,25H,12,15H2,1-2H3. The average molecular weight is 486 g/mol. The maximum atomic E-state index is 13.0. The first-order valence-electron chi connectivity index (χ1n) is 10.1. The number of nitrogens with zero attached hydrogens (tertiary/aromatic N) is 2. The van der Waals surface area contributed by atoms with Crippen LogP contribution < -0.4 is 10.3 Å². The molecule has 0 radical (unpaired) electrons. The van der Waals surface area contributed by atoms with Crippen molar-refractivity contribution in [3.63, 3.8) is 0 Å². The zero-order valence-corrected chi connectivity index (χ0v) is 20.1. The molecular weight excluding hydrogens is 462 g/mol. The highest BCUT2D eigenvalue weighted by atomic mass is 32.2. The largest absolute Gasteiger partial charge is 0.290 e. The van der Waals surface area contributed by atoms with Crippen molar-refractivity contribution in [2.24, 2.45) is 7.05 Å². The fraction of sp³-hybridized carbons (Fsp3) is 0.217. The Bertz CT molecular complexity index is 1380. The van der Waals surface area contributed by atoms with Gasteiger partial charge in [-0.1, -0.05) is 59.8 Å². The van der Waals surface area contributed by atoms with Gasteiger partial charge in [-0.25, -0.2) is 18.1 Å². The van der Waals surface area contributed by atoms with Crippen LogP contribution in [-0.2, 0) is 17.1 Å². The molecule has 4 aromatic rings. The Kier molecular flexibility index (Phi) is 6.80. The fourth-order valence-corrected chi connectivity index (χ4v) is 6.36. The van der Waals surface area contributed by atoms with E-state index in [0.717, 1.165) is 11.1 Å². The Morgan fingerprint density at radius 2 is 1.81 bits per heavy atom. The second-order valence-corrected chi connectivity index (χ2v) is 11.1. The van der Waals surface area contributed by atoms with Gasteiger partial charge in [0.15, 0.2) is 5.16 Å². The number of nitrogens with one attached hydrogen (secondary N) is 1. The normalized spacial score (nSPS) is 12.8. The molecule has 166 valence electrons. The number of thiophene rings is 1. The van der Waals surface area contributed by atoms with E-state index in [1.54, 1.807) is 35.9 Å². The van der Waals surface area contributed by atoms with Crippen molar-refractivity contribution in [3.8, 4) is 0 Å². The van der Waals surface area contributed by atoms with Crippen molar-refractivity contribution in [2.45, 2.75) is 29.4 Å². The molecule has 2 heterocycles. The minimum Gasteiger partial charge on any atom is -0.290 e. The van der Waals surface area contributed by atoms with Gasteiger partial charge in [0.2, 0.25) is 10.0 Å². The van der Waals surface area contributed by atoms with Crippen LogP contribution in [0.3, 0.4) is 0 Å². The molecule has 1 atom stereocenters. The molecule has 2 aromatic carbocycles. The lowest BCUT2D eigenvalue weighted by Gasteiger charge is -2.19. The van der Waals surface area contributed by atoms with E-state index in [2.05, 4.69) is 9.71 Å². The summed E-state index contributed by atoms with van der Waals surface area (Å²) in [6.07, 6.45) is 0.539. The van der Waals surface area contributed by atoms with Gasteiger partial charge in [0.05, 0.1) is 10.4 Å². The summed E-state index contributed by atoms with van der Waals surface area (Å²) < 4.78 is 31.1. The summed E-state index contributed by atoms with van der Waals surface area (Å²) >= 11 is 2.83. The van der Waals surface area contributed by atoms with Crippen molar-refractivity contribution in [3.05, 3.63) is 87.5 Å². The first-order chi connectivity index (χ1) is 15.3. The molecule has 1 unspecified atom stereocenters. The van der Waals surface area contributed by atoms with Gasteiger partial charge in [-0.15, -0.1) is 11.3 Å². The molecule has 0 amide bonds. The second kappa shape index (κ2) is 9.58. The van der Waals surface area contributed by atoms with E-state index in [4.69, 9.17) is 0 Å². The van der Waals surface area contributed by atoms with Crippen LogP contribution >= 0.6 is 23.1 Å². The van der Waals surface area contributed by atoms with Gasteiger partial charge >= 0.3 is 0 Å². The summed E-state index contributed by atoms with van der Waals surface area (Å²) in [7, 11) is -1.97. The predicted molar refractivity (Wildman–Crippen MR) is 131 cm³/mol. The van der Waals surface area contributed by atoms with Gasteiger partial charge in [-0.05, 0) is 42.5 Å². The van der Waals surface area contributed by atoms with Crippen molar-refractivity contribution in [1.82, 2.24) is 14.3 Å². The maximum Gasteiger partial charge on any atom is 0.271 e. The summed E-state index contributed by atoms with van der Waals surface area (Å²) in [6.45, 7) is 1.92. The van der Waals surface area contributed by atoms with Crippen LogP contribution in [0.4, 0.5) is 0 Å². The van der Waals surface area contributed by atoms with E-state index >= 15 is 0 Å². The number of fused-ring (bicyclic) bond motifs is 1. The number of benzene rings is 2. The van der Waals surface area contributed by atoms with Gasteiger partial charge in [0.1, 0.15) is 4.70 Å². The van der Waals surface area contributed by atoms with Crippen LogP contribution in [0.2, 0.25) is 0 Å². The van der Waals surface area contributed by atoms with Crippen molar-refractivity contribution in [1.29, 1.82) is 0 Å². The number of rotatable bonds is 8. The molecule has 2 aromatic heterocycles. The first kappa shape index (κ1) is 22.7. The summed E-state index contributed by atoms with van der Waals surface area (Å²) in [4.78, 5) is 17.4. The van der Waals surface area contributed by atoms with E-state index in [-0.39, 0.29) is 10.5 Å². The van der Waals surface area contributed by atoms with Crippen LogP contribution in [0.5, 0.6) is 0 Å². The average Bonchev–Trinajstić information content (AvgIpc) is 3.26. The Morgan fingerprint density at radius 3 is 2.53 bits per heavy atom. The zero-order chi connectivity index (χ0) is 22.7. The van der Waals surface area contributed by atoms with Gasteiger partial charge in [-0.2, -0.15) is 0 Å². The Morgan fingerprint density at radius 1 is 1.09 bits per heavy atom. The predicted octanol–water partition coefficient (Wildman–Crippen LogP) is 4.51. The van der Waals surface area contributed by atoms with Crippen molar-refractivity contribution >= 4 is 43.3 Å². The van der Waals surface area contributed by atoms with Gasteiger partial charge < -0.3 is 0 Å². The number of aryl methyl sites for hydroxylation is 1. The van der Waals surface area contributed by atoms with Gasteiger partial charge in [0.25, 0.3) is 5.56 Å². The molecule has 9 heteroatoms. The van der Waals surface area contributed by atoms with Crippen LogP contribution in [0, 0.1) is 6.92 Å². The molecule has 0 aliphatic carbocycles. The third kappa shape index (κ3) is 4.96. The lowest BCUT2D eigenvalue weighted by Crippen LogP contribution is -2.29. The highest BCUT2D eigenvalue weighted by Gasteiger charge is 2.22. The Labute approximate surface area is 195 Å². The molecule has 0 bridgehead atoms. The lowest BCUT2D eigenvalue weighted by atomic mass is 10.1. The number of hydrogen-bond donors (Lipinski definition) is 1. The van der Waals surface area contributed by atoms with Gasteiger partial charge in [0, 0.05) is 18.8 Å². The van der Waals surface area contributed by atoms with E-state index < -0.39 is 16.1 Å². The molecule has 0 aliphatic heterocycles. The molecule has 1 N–H and O–H groups in total. The fourth-order valence-electron chi connectivity index (χ4n) is 3.32. The van der Waals surface area contributed by atoms with E-state index in [1.807, 2.05) is 48.7 Å². The highest BCUT2D eigenvalue weighted by Crippen LogP contribution is 2.26. The molecule has 0 spiro atoms. The lowest BCUT2D eigenvalue weighted by molar-refractivity contribution is 0.551. The molecule has 0 aliphatic rings. The summed E-state index contributed by atoms with van der Waals surface area (Å²) in [5.74, 6) is 0.589. The second-order valence-electron chi connectivity index (χ2n) is 7.43. The third-order valence-corrected chi connectivity index (χ3v) is 8.56. The minimum absolute atomic E-state index is 0.0628. The molecular formula is C23H23N3O3S3. The topological polar surface area (TPSA) is 81.1 Å². The van der Waals surface area contributed by atoms with E-state index in [0.29, 0.717) is 27.5 Å². The summed E-state index contributed by atoms with van der Waals surface area (Å²) in [5, 5.41) is 2.48. The molecule has 4 rings (SSSR count). The molecule has 32 heavy (non-hydrogen) atoms. The smallest absolute Gasteiger partial charge is 0.271 e. The van der Waals surface area contributed by atoms with Crippen molar-refractivity contribution < 1.29 is 8.42 Å². The summed E-state index contributed by atoms with van der Waals surface area (Å²) in [6, 6.07) is 17.8. The van der Waals surface area contributed by atoms with Crippen LogP contribution in [0.15, 0.2) is 80.9 Å². The van der Waals surface area contributed by atoms with Crippen LogP contribution in [0.1, 0.15) is 23.6 Å². The quantitative estimate of drug-likeness (QED) is 0.293. The van der Waals surface area contributed by atoms with Gasteiger partial charge in [-0.3, -0.25) is 9.36 Å². The molecule has 6 nitrogen and oxygen atoms in total. The van der Waals surface area contributed by atoms with Crippen LogP contribution in [0.25, 0.3) is 10.2 Å². The van der Waals surface area contributed by atoms with Crippen LogP contribution in [-0.4, -0.2) is 23.7 Å². The van der Waals surface area contributed by atoms with Crippen molar-refractivity contribution in [2.75, 3.05) is 5.75 Å². The Balaban J connectivity index is 1.54. The van der Waals surface area contributed by atoms with E-state index in [9.17, 15) is 13.2 Å². The minimum atomic E-state index is -3.68. The number of aromatic nitrogens is 2. The molecule has 0 saturated carbocycles. The molecule has 0 fully saturated rings. The first-order valence-corrected chi connectivity index (χ1v) is 13.4. The number of thioether (sulfide) groups is 1. The SMILES string of the molecule is Cc1ccc(S(=O)(=O)NC(CCSc2nc3ccsc3c(=O)n2C)c2ccccc2)cc1. The monoisotopic (exact) mass is 485 g/mol. The number of sulfonamides is 1. The highest BCUT2D eigenvalue weighted by molar-refractivity contribution is 7.99. The van der Waals surface area contributed by atoms with E-state index in [1.165, 1.54) is 23.1 Å². The third-order valence-electron chi connectivity index (χ3n) is 5.11. The maximum absolute atomic E-state index is 13.0. The molecule has 0 saturated heterocycles. The Hall–Kier alpha value is -2.46. The number of hydrogen-bond acceptors (Lipinski definition) is 6.